The van der Waals surface area contributed by atoms with Crippen molar-refractivity contribution in [2.24, 2.45) is 5.92 Å². The Labute approximate surface area is 172 Å². The van der Waals surface area contributed by atoms with Crippen LogP contribution in [0.15, 0.2) is 36.7 Å². The van der Waals surface area contributed by atoms with Crippen LogP contribution in [0.2, 0.25) is 0 Å². The summed E-state index contributed by atoms with van der Waals surface area (Å²) in [5, 5.41) is 7.34. The lowest BCUT2D eigenvalue weighted by molar-refractivity contribution is -0.119. The van der Waals surface area contributed by atoms with Crippen molar-refractivity contribution in [1.82, 2.24) is 24.9 Å². The van der Waals surface area contributed by atoms with Gasteiger partial charge in [0, 0.05) is 44.9 Å². The van der Waals surface area contributed by atoms with Gasteiger partial charge in [-0.3, -0.25) is 9.59 Å². The molecule has 2 aromatic rings. The van der Waals surface area contributed by atoms with Gasteiger partial charge in [-0.05, 0) is 51.4 Å². The second-order valence-electron chi connectivity index (χ2n) is 8.08. The van der Waals surface area contributed by atoms with Crippen molar-refractivity contribution >= 4 is 11.8 Å². The number of hydrogen-bond acceptors (Lipinski definition) is 4. The van der Waals surface area contributed by atoms with Crippen molar-refractivity contribution < 1.29 is 9.59 Å². The van der Waals surface area contributed by atoms with E-state index in [1.807, 2.05) is 55.7 Å². The summed E-state index contributed by atoms with van der Waals surface area (Å²) in [6.07, 6.45) is 6.82. The Morgan fingerprint density at radius 2 is 2.07 bits per heavy atom. The van der Waals surface area contributed by atoms with E-state index >= 15 is 0 Å². The van der Waals surface area contributed by atoms with Crippen molar-refractivity contribution in [2.75, 3.05) is 33.7 Å². The molecule has 0 unspecified atom stereocenters. The minimum Gasteiger partial charge on any atom is -0.356 e. The van der Waals surface area contributed by atoms with E-state index in [1.54, 1.807) is 4.68 Å². The van der Waals surface area contributed by atoms with Crippen LogP contribution in [-0.4, -0.2) is 65.1 Å². The first-order valence-electron chi connectivity index (χ1n) is 10.3. The normalized spacial score (nSPS) is 16.8. The molecule has 2 heterocycles. The summed E-state index contributed by atoms with van der Waals surface area (Å²) in [5.41, 5.74) is 2.59. The number of amides is 2. The third-order valence-corrected chi connectivity index (χ3v) is 5.25. The number of aromatic nitrogens is 2. The number of carbonyl (C=O) groups is 2. The monoisotopic (exact) mass is 397 g/mol. The first-order chi connectivity index (χ1) is 13.9. The predicted octanol–water partition coefficient (Wildman–Crippen LogP) is 2.31. The number of hydrogen-bond donors (Lipinski definition) is 1. The molecule has 0 spiro atoms. The number of nitrogens with one attached hydrogen (secondary N) is 1. The highest BCUT2D eigenvalue weighted by Gasteiger charge is 2.26. The third kappa shape index (κ3) is 5.67. The lowest BCUT2D eigenvalue weighted by Gasteiger charge is -2.33. The van der Waals surface area contributed by atoms with Crippen LogP contribution in [-0.2, 0) is 11.3 Å². The van der Waals surface area contributed by atoms with Crippen LogP contribution in [0, 0.1) is 5.92 Å². The van der Waals surface area contributed by atoms with Gasteiger partial charge in [0.25, 0.3) is 5.91 Å². The summed E-state index contributed by atoms with van der Waals surface area (Å²) >= 11 is 0. The number of para-hydroxylation sites is 1. The summed E-state index contributed by atoms with van der Waals surface area (Å²) in [6, 6.07) is 7.66. The molecule has 156 valence electrons. The fourth-order valence-electron chi connectivity index (χ4n) is 3.90. The zero-order chi connectivity index (χ0) is 20.8. The highest BCUT2D eigenvalue weighted by atomic mass is 16.2. The molecule has 1 fully saturated rings. The minimum atomic E-state index is -0.00414. The molecule has 2 amide bonds. The number of carbonyl (C=O) groups excluding carboxylic acids is 2. The number of nitrogens with zero attached hydrogens (tertiary/aromatic N) is 4. The van der Waals surface area contributed by atoms with Crippen molar-refractivity contribution in [2.45, 2.75) is 32.7 Å². The number of benzene rings is 1. The predicted molar refractivity (Wildman–Crippen MR) is 113 cm³/mol. The summed E-state index contributed by atoms with van der Waals surface area (Å²) in [7, 11) is 4.04. The van der Waals surface area contributed by atoms with Gasteiger partial charge in [-0.2, -0.15) is 5.10 Å². The molecule has 1 aliphatic rings. The summed E-state index contributed by atoms with van der Waals surface area (Å²) in [5.74, 6) is 0.466. The molecule has 1 aromatic carbocycles. The highest BCUT2D eigenvalue weighted by molar-refractivity contribution is 5.97. The van der Waals surface area contributed by atoms with Crippen LogP contribution >= 0.6 is 0 Å². The molecule has 7 nitrogen and oxygen atoms in total. The smallest absolute Gasteiger partial charge is 0.256 e. The number of likely N-dealkylation sites (tertiary alicyclic amines) is 1. The van der Waals surface area contributed by atoms with Crippen molar-refractivity contribution in [3.05, 3.63) is 47.8 Å². The van der Waals surface area contributed by atoms with Gasteiger partial charge in [0.05, 0.1) is 17.4 Å². The molecule has 1 aromatic heterocycles. The minimum absolute atomic E-state index is 0.00414. The molecule has 3 rings (SSSR count). The molecule has 0 radical (unpaired) electrons. The Morgan fingerprint density at radius 3 is 2.83 bits per heavy atom. The molecule has 1 atom stereocenters. The van der Waals surface area contributed by atoms with E-state index in [2.05, 4.69) is 15.3 Å². The lowest BCUT2D eigenvalue weighted by Crippen LogP contribution is -2.41. The molecule has 7 heteroatoms. The Bertz CT molecular complexity index is 845. The average molecular weight is 398 g/mol. The maximum absolute atomic E-state index is 13.3. The van der Waals surface area contributed by atoms with Crippen LogP contribution in [0.4, 0.5) is 0 Å². The molecule has 1 aliphatic heterocycles. The third-order valence-electron chi connectivity index (χ3n) is 5.25. The van der Waals surface area contributed by atoms with Crippen molar-refractivity contribution in [3.63, 3.8) is 0 Å². The Balaban J connectivity index is 1.72. The quantitative estimate of drug-likeness (QED) is 0.778. The first-order valence-corrected chi connectivity index (χ1v) is 10.3. The Morgan fingerprint density at radius 1 is 1.28 bits per heavy atom. The number of piperidine rings is 1. The van der Waals surface area contributed by atoms with Gasteiger partial charge in [-0.1, -0.05) is 12.1 Å². The van der Waals surface area contributed by atoms with Crippen LogP contribution < -0.4 is 5.32 Å². The van der Waals surface area contributed by atoms with E-state index in [0.29, 0.717) is 18.0 Å². The molecule has 1 saturated heterocycles. The molecular weight excluding hydrogens is 366 g/mol. The van der Waals surface area contributed by atoms with Crippen molar-refractivity contribution in [3.8, 4) is 5.69 Å². The van der Waals surface area contributed by atoms with E-state index < -0.39 is 0 Å². The van der Waals surface area contributed by atoms with E-state index in [0.717, 1.165) is 50.1 Å². The van der Waals surface area contributed by atoms with Crippen LogP contribution in [0.5, 0.6) is 0 Å². The Kier molecular flexibility index (Phi) is 7.04. The van der Waals surface area contributed by atoms with Gasteiger partial charge in [-0.25, -0.2) is 4.68 Å². The largest absolute Gasteiger partial charge is 0.356 e. The van der Waals surface area contributed by atoms with Gasteiger partial charge in [0.2, 0.25) is 5.91 Å². The maximum Gasteiger partial charge on any atom is 0.256 e. The van der Waals surface area contributed by atoms with Gasteiger partial charge in [0.15, 0.2) is 0 Å². The molecule has 29 heavy (non-hydrogen) atoms. The van der Waals surface area contributed by atoms with E-state index in [4.69, 9.17) is 0 Å². The summed E-state index contributed by atoms with van der Waals surface area (Å²) in [4.78, 5) is 28.4. The second-order valence-corrected chi connectivity index (χ2v) is 8.08. The zero-order valence-corrected chi connectivity index (χ0v) is 17.6. The molecule has 0 saturated carbocycles. The van der Waals surface area contributed by atoms with Gasteiger partial charge >= 0.3 is 0 Å². The summed E-state index contributed by atoms with van der Waals surface area (Å²) in [6.45, 7) is 4.51. The molecular formula is C22H31N5O2. The van der Waals surface area contributed by atoms with E-state index in [-0.39, 0.29) is 11.8 Å². The summed E-state index contributed by atoms with van der Waals surface area (Å²) < 4.78 is 1.80. The lowest BCUT2D eigenvalue weighted by atomic mass is 9.94. The Hall–Kier alpha value is -2.67. The van der Waals surface area contributed by atoms with Gasteiger partial charge in [-0.15, -0.1) is 0 Å². The maximum atomic E-state index is 13.3. The fourth-order valence-corrected chi connectivity index (χ4v) is 3.90. The van der Waals surface area contributed by atoms with Crippen LogP contribution in [0.3, 0.4) is 0 Å². The van der Waals surface area contributed by atoms with Gasteiger partial charge < -0.3 is 15.1 Å². The number of rotatable bonds is 7. The van der Waals surface area contributed by atoms with Crippen molar-refractivity contribution in [1.29, 1.82) is 0 Å². The molecule has 0 bridgehead atoms. The highest BCUT2D eigenvalue weighted by Crippen LogP contribution is 2.23. The second kappa shape index (κ2) is 9.69. The first kappa shape index (κ1) is 21.0. The standard InChI is InChI=1S/C22H31N5O2/c1-17(28)23-11-10-18-7-6-12-26(15-18)22(29)20-8-4-5-9-21(20)27-16-19(13-24-27)14-25(2)3/h4-5,8-9,13,16,18H,6-7,10-12,14-15H2,1-3H3,(H,23,28)/t18-/m0/s1. The van der Waals surface area contributed by atoms with Crippen LogP contribution in [0.1, 0.15) is 42.1 Å². The molecule has 1 N–H and O–H groups in total. The van der Waals surface area contributed by atoms with E-state index in [9.17, 15) is 9.59 Å². The zero-order valence-electron chi connectivity index (χ0n) is 17.6. The fraction of sp³-hybridized carbons (Fsp3) is 0.500. The average Bonchev–Trinajstić information content (AvgIpc) is 3.15. The van der Waals surface area contributed by atoms with Gasteiger partial charge in [0.1, 0.15) is 0 Å². The topological polar surface area (TPSA) is 70.5 Å². The van der Waals surface area contributed by atoms with Crippen LogP contribution in [0.25, 0.3) is 5.69 Å². The molecule has 0 aliphatic carbocycles. The SMILES string of the molecule is CC(=O)NCC[C@@H]1CCCN(C(=O)c2ccccc2-n2cc(CN(C)C)cn2)C1. The van der Waals surface area contributed by atoms with E-state index in [1.165, 1.54) is 6.92 Å².